The number of hydrogen-bond donors (Lipinski definition) is 0. The largest absolute Gasteiger partial charge is 0.495 e. The SMILES string of the molecule is COc1ccccc1N1CCN(C(=O)COc2ccc(C(C)=O)cc2)CC1. The third-order valence-electron chi connectivity index (χ3n) is 4.68. The maximum atomic E-state index is 12.4. The molecule has 1 saturated heterocycles. The van der Waals surface area contributed by atoms with Crippen molar-refractivity contribution >= 4 is 17.4 Å². The number of rotatable bonds is 6. The summed E-state index contributed by atoms with van der Waals surface area (Å²) in [6.45, 7) is 4.30. The van der Waals surface area contributed by atoms with E-state index in [0.717, 1.165) is 24.5 Å². The van der Waals surface area contributed by atoms with Gasteiger partial charge in [0.05, 0.1) is 12.8 Å². The lowest BCUT2D eigenvalue weighted by Crippen LogP contribution is -2.50. The van der Waals surface area contributed by atoms with Crippen LogP contribution in [-0.4, -0.2) is 56.5 Å². The number of amides is 1. The standard InChI is InChI=1S/C21H24N2O4/c1-16(24)17-7-9-18(10-8-17)27-15-21(25)23-13-11-22(12-14-23)19-5-3-4-6-20(19)26-2/h3-10H,11-15H2,1-2H3. The van der Waals surface area contributed by atoms with E-state index in [1.54, 1.807) is 31.4 Å². The number of benzene rings is 2. The maximum Gasteiger partial charge on any atom is 0.260 e. The number of nitrogens with zero attached hydrogens (tertiary/aromatic N) is 2. The van der Waals surface area contributed by atoms with Gasteiger partial charge in [0.25, 0.3) is 5.91 Å². The Balaban J connectivity index is 1.50. The molecular weight excluding hydrogens is 344 g/mol. The van der Waals surface area contributed by atoms with E-state index in [1.807, 2.05) is 29.2 Å². The van der Waals surface area contributed by atoms with Crippen molar-refractivity contribution in [3.8, 4) is 11.5 Å². The zero-order chi connectivity index (χ0) is 19.2. The molecule has 1 aliphatic rings. The summed E-state index contributed by atoms with van der Waals surface area (Å²) < 4.78 is 11.0. The summed E-state index contributed by atoms with van der Waals surface area (Å²) in [6.07, 6.45) is 0. The quantitative estimate of drug-likeness (QED) is 0.734. The van der Waals surface area contributed by atoms with E-state index in [4.69, 9.17) is 9.47 Å². The van der Waals surface area contributed by atoms with Gasteiger partial charge in [0.2, 0.25) is 0 Å². The van der Waals surface area contributed by atoms with Gasteiger partial charge < -0.3 is 19.3 Å². The number of anilines is 1. The van der Waals surface area contributed by atoms with Gasteiger partial charge in [-0.1, -0.05) is 12.1 Å². The van der Waals surface area contributed by atoms with Crippen molar-refractivity contribution in [2.24, 2.45) is 0 Å². The van der Waals surface area contributed by atoms with Gasteiger partial charge in [-0.15, -0.1) is 0 Å². The lowest BCUT2D eigenvalue weighted by Gasteiger charge is -2.36. The third kappa shape index (κ3) is 4.58. The minimum Gasteiger partial charge on any atom is -0.495 e. The van der Waals surface area contributed by atoms with Gasteiger partial charge in [-0.05, 0) is 43.3 Å². The van der Waals surface area contributed by atoms with Crippen molar-refractivity contribution in [3.05, 3.63) is 54.1 Å². The molecule has 2 aromatic carbocycles. The van der Waals surface area contributed by atoms with Crippen molar-refractivity contribution in [3.63, 3.8) is 0 Å². The molecule has 3 rings (SSSR count). The molecule has 0 atom stereocenters. The van der Waals surface area contributed by atoms with Gasteiger partial charge in [0, 0.05) is 31.7 Å². The van der Waals surface area contributed by atoms with E-state index in [9.17, 15) is 9.59 Å². The molecule has 0 N–H and O–H groups in total. The van der Waals surface area contributed by atoms with E-state index in [0.29, 0.717) is 24.4 Å². The monoisotopic (exact) mass is 368 g/mol. The van der Waals surface area contributed by atoms with Gasteiger partial charge in [-0.3, -0.25) is 9.59 Å². The normalized spacial score (nSPS) is 14.0. The van der Waals surface area contributed by atoms with Crippen molar-refractivity contribution in [1.82, 2.24) is 4.90 Å². The second kappa shape index (κ2) is 8.58. The molecule has 0 aliphatic carbocycles. The fourth-order valence-corrected chi connectivity index (χ4v) is 3.11. The summed E-state index contributed by atoms with van der Waals surface area (Å²) in [5, 5.41) is 0. The second-order valence-electron chi connectivity index (χ2n) is 6.41. The molecule has 0 spiro atoms. The highest BCUT2D eigenvalue weighted by molar-refractivity contribution is 5.94. The topological polar surface area (TPSA) is 59.1 Å². The summed E-state index contributed by atoms with van der Waals surface area (Å²) in [5.74, 6) is 1.39. The van der Waals surface area contributed by atoms with Crippen LogP contribution in [0.3, 0.4) is 0 Å². The number of ether oxygens (including phenoxy) is 2. The van der Waals surface area contributed by atoms with E-state index in [2.05, 4.69) is 4.90 Å². The summed E-state index contributed by atoms with van der Waals surface area (Å²) in [7, 11) is 1.67. The Bertz CT molecular complexity index is 796. The highest BCUT2D eigenvalue weighted by Crippen LogP contribution is 2.28. The highest BCUT2D eigenvalue weighted by Gasteiger charge is 2.23. The van der Waals surface area contributed by atoms with Crippen LogP contribution in [0.5, 0.6) is 11.5 Å². The Morgan fingerprint density at radius 1 is 0.963 bits per heavy atom. The Hall–Kier alpha value is -3.02. The van der Waals surface area contributed by atoms with Gasteiger partial charge in [0.1, 0.15) is 11.5 Å². The summed E-state index contributed by atoms with van der Waals surface area (Å²) in [4.78, 5) is 27.7. The number of Topliss-reactive ketones (excluding diaryl/α,β-unsaturated/α-hetero) is 1. The van der Waals surface area contributed by atoms with Crippen LogP contribution in [0.25, 0.3) is 0 Å². The summed E-state index contributed by atoms with van der Waals surface area (Å²) in [5.41, 5.74) is 1.68. The molecule has 0 radical (unpaired) electrons. The molecule has 1 aliphatic heterocycles. The minimum absolute atomic E-state index is 0.00513. The van der Waals surface area contributed by atoms with Gasteiger partial charge in [0.15, 0.2) is 12.4 Å². The lowest BCUT2D eigenvalue weighted by molar-refractivity contribution is -0.133. The van der Waals surface area contributed by atoms with Gasteiger partial charge in [-0.2, -0.15) is 0 Å². The molecule has 2 aromatic rings. The van der Waals surface area contributed by atoms with Gasteiger partial charge >= 0.3 is 0 Å². The molecule has 1 heterocycles. The molecule has 142 valence electrons. The Morgan fingerprint density at radius 2 is 1.63 bits per heavy atom. The van der Waals surface area contributed by atoms with Crippen molar-refractivity contribution < 1.29 is 19.1 Å². The fraction of sp³-hybridized carbons (Fsp3) is 0.333. The molecule has 1 fully saturated rings. The Labute approximate surface area is 159 Å². The number of piperazine rings is 1. The fourth-order valence-electron chi connectivity index (χ4n) is 3.11. The van der Waals surface area contributed by atoms with Crippen LogP contribution < -0.4 is 14.4 Å². The molecule has 0 saturated carbocycles. The van der Waals surface area contributed by atoms with Gasteiger partial charge in [-0.25, -0.2) is 0 Å². The van der Waals surface area contributed by atoms with Crippen LogP contribution in [0.4, 0.5) is 5.69 Å². The first-order valence-corrected chi connectivity index (χ1v) is 8.98. The Morgan fingerprint density at radius 3 is 2.26 bits per heavy atom. The second-order valence-corrected chi connectivity index (χ2v) is 6.41. The zero-order valence-electron chi connectivity index (χ0n) is 15.7. The summed E-state index contributed by atoms with van der Waals surface area (Å²) in [6, 6.07) is 14.7. The average Bonchev–Trinajstić information content (AvgIpc) is 2.72. The molecule has 0 unspecified atom stereocenters. The Kier molecular flexibility index (Phi) is 5.96. The first-order valence-electron chi connectivity index (χ1n) is 8.98. The van der Waals surface area contributed by atoms with Crippen molar-refractivity contribution in [1.29, 1.82) is 0 Å². The summed E-state index contributed by atoms with van der Waals surface area (Å²) >= 11 is 0. The number of ketones is 1. The van der Waals surface area contributed by atoms with Crippen LogP contribution in [0.1, 0.15) is 17.3 Å². The zero-order valence-corrected chi connectivity index (χ0v) is 15.7. The molecule has 0 bridgehead atoms. The van der Waals surface area contributed by atoms with Crippen LogP contribution >= 0.6 is 0 Å². The number of carbonyl (C=O) groups is 2. The number of para-hydroxylation sites is 2. The first-order chi connectivity index (χ1) is 13.1. The smallest absolute Gasteiger partial charge is 0.260 e. The first kappa shape index (κ1) is 18.8. The van der Waals surface area contributed by atoms with Crippen molar-refractivity contribution in [2.45, 2.75) is 6.92 Å². The van der Waals surface area contributed by atoms with Crippen LogP contribution in [0.2, 0.25) is 0 Å². The molecule has 6 heteroatoms. The molecule has 27 heavy (non-hydrogen) atoms. The average molecular weight is 368 g/mol. The minimum atomic E-state index is -0.0367. The van der Waals surface area contributed by atoms with Crippen LogP contribution in [-0.2, 0) is 4.79 Å². The van der Waals surface area contributed by atoms with E-state index in [-0.39, 0.29) is 18.3 Å². The van der Waals surface area contributed by atoms with Crippen LogP contribution in [0.15, 0.2) is 48.5 Å². The van der Waals surface area contributed by atoms with E-state index < -0.39 is 0 Å². The van der Waals surface area contributed by atoms with Crippen molar-refractivity contribution in [2.75, 3.05) is 44.8 Å². The number of carbonyl (C=O) groups excluding carboxylic acids is 2. The molecular formula is C21H24N2O4. The number of hydrogen-bond acceptors (Lipinski definition) is 5. The molecule has 1 amide bonds. The van der Waals surface area contributed by atoms with E-state index in [1.165, 1.54) is 6.92 Å². The van der Waals surface area contributed by atoms with E-state index >= 15 is 0 Å². The lowest BCUT2D eigenvalue weighted by atomic mass is 10.1. The third-order valence-corrected chi connectivity index (χ3v) is 4.68. The van der Waals surface area contributed by atoms with Crippen LogP contribution in [0, 0.1) is 0 Å². The number of methoxy groups -OCH3 is 1. The molecule has 0 aromatic heterocycles. The predicted molar refractivity (Wildman–Crippen MR) is 104 cm³/mol. The highest BCUT2D eigenvalue weighted by atomic mass is 16.5. The predicted octanol–water partition coefficient (Wildman–Crippen LogP) is 2.63. The molecule has 6 nitrogen and oxygen atoms in total. The maximum absolute atomic E-state index is 12.4.